The van der Waals surface area contributed by atoms with Crippen LogP contribution in [-0.2, 0) is 28.8 Å². The molecule has 17 heteroatoms. The second-order valence-corrected chi connectivity index (χ2v) is 11.4. The number of benzene rings is 2. The Morgan fingerprint density at radius 3 is 2.11 bits per heavy atom. The summed E-state index contributed by atoms with van der Waals surface area (Å²) >= 11 is 0. The number of nitrogens with one attached hydrogen (secondary N) is 1. The summed E-state index contributed by atoms with van der Waals surface area (Å²) in [5.74, 6) is -0.819. The number of nitrogens with two attached hydrogens (primary N) is 1. The molecule has 0 radical (unpaired) electrons. The van der Waals surface area contributed by atoms with E-state index < -0.39 is 36.6 Å². The molecule has 2 aliphatic rings. The standard InChI is InChI=1S/C28H35N4O11P.ClH/c1-19(26(33)41-42-27(34)28(29,21-12-16-39-17-13-21)18-20-10-14-38-15-11-20)30-31-44(37)43-25-8-6-24(7-9-25)40-23-4-2-22(3-5-23)32(35)36;/h2-9,19-21,30H,10-18,29H2,1H3;1H. The third-order valence-corrected chi connectivity index (χ3v) is 8.12. The molecule has 0 bridgehead atoms. The second-order valence-electron chi connectivity index (χ2n) is 10.6. The highest BCUT2D eigenvalue weighted by molar-refractivity contribution is 7.33. The van der Waals surface area contributed by atoms with Crippen molar-refractivity contribution >= 4 is 38.2 Å². The zero-order valence-corrected chi connectivity index (χ0v) is 26.2. The van der Waals surface area contributed by atoms with Crippen LogP contribution in [0.1, 0.15) is 39.0 Å². The van der Waals surface area contributed by atoms with Gasteiger partial charge in [-0.3, -0.25) is 14.6 Å². The Kier molecular flexibility index (Phi) is 13.9. The lowest BCUT2D eigenvalue weighted by Gasteiger charge is -2.39. The van der Waals surface area contributed by atoms with Crippen molar-refractivity contribution in [2.75, 3.05) is 26.4 Å². The van der Waals surface area contributed by atoms with Crippen molar-refractivity contribution in [2.24, 2.45) is 22.4 Å². The lowest BCUT2D eigenvalue weighted by molar-refractivity contribution is -0.384. The molecule has 3 N–H and O–H groups in total. The Hall–Kier alpha value is -3.43. The van der Waals surface area contributed by atoms with Crippen molar-refractivity contribution in [1.82, 2.24) is 5.43 Å². The van der Waals surface area contributed by atoms with Crippen molar-refractivity contribution in [2.45, 2.75) is 50.6 Å². The van der Waals surface area contributed by atoms with Gasteiger partial charge in [0.15, 0.2) is 5.75 Å². The first-order valence-corrected chi connectivity index (χ1v) is 15.3. The minimum atomic E-state index is -2.64. The van der Waals surface area contributed by atoms with Gasteiger partial charge in [-0.25, -0.2) is 19.4 Å². The number of carbonyl (C=O) groups excluding carboxylic acids is 2. The number of carbonyl (C=O) groups is 2. The maximum Gasteiger partial charge on any atom is 0.412 e. The average molecular weight is 671 g/mol. The number of non-ortho nitro benzene ring substituents is 1. The van der Waals surface area contributed by atoms with Gasteiger partial charge in [0.1, 0.15) is 23.1 Å². The van der Waals surface area contributed by atoms with Gasteiger partial charge in [-0.05, 0) is 87.3 Å². The Bertz CT molecular complexity index is 1310. The summed E-state index contributed by atoms with van der Waals surface area (Å²) in [6, 6.07) is 10.5. The van der Waals surface area contributed by atoms with E-state index in [4.69, 9.17) is 34.2 Å². The zero-order valence-electron chi connectivity index (χ0n) is 24.5. The van der Waals surface area contributed by atoms with Gasteiger partial charge >= 0.3 is 20.1 Å². The van der Waals surface area contributed by atoms with Crippen LogP contribution >= 0.6 is 20.6 Å². The monoisotopic (exact) mass is 670 g/mol. The summed E-state index contributed by atoms with van der Waals surface area (Å²) in [4.78, 5) is 61.6. The minimum absolute atomic E-state index is 0. The van der Waals surface area contributed by atoms with Crippen molar-refractivity contribution in [1.29, 1.82) is 0 Å². The Labute approximate surface area is 266 Å². The van der Waals surface area contributed by atoms with Gasteiger partial charge in [0.2, 0.25) is 0 Å². The SMILES string of the molecule is CC(N/N=[P+](\[O-])Oc1ccc(Oc2ccc([N+](=O)[O-])cc2)cc1)C(=O)OOC(=O)C(N)(CC1CCOCC1)C1CCOCC1.Cl. The lowest BCUT2D eigenvalue weighted by Crippen LogP contribution is -2.57. The van der Waals surface area contributed by atoms with Gasteiger partial charge in [-0.2, -0.15) is 5.43 Å². The molecule has 246 valence electrons. The molecule has 15 nitrogen and oxygen atoms in total. The van der Waals surface area contributed by atoms with E-state index in [1.54, 1.807) is 12.1 Å². The molecule has 4 rings (SSSR count). The molecule has 0 aliphatic carbocycles. The first-order valence-electron chi connectivity index (χ1n) is 14.1. The van der Waals surface area contributed by atoms with E-state index >= 15 is 0 Å². The molecule has 0 aromatic heterocycles. The Balaban J connectivity index is 0.00000552. The summed E-state index contributed by atoms with van der Waals surface area (Å²) in [7, 11) is -2.64. The molecule has 0 saturated carbocycles. The molecular formula is C28H36ClN4O11P. The summed E-state index contributed by atoms with van der Waals surface area (Å²) in [6.45, 7) is 3.53. The molecule has 0 spiro atoms. The topological polar surface area (TPSA) is 206 Å². The molecule has 0 amide bonds. The van der Waals surface area contributed by atoms with E-state index in [-0.39, 0.29) is 35.7 Å². The third kappa shape index (κ3) is 10.6. The van der Waals surface area contributed by atoms with Crippen molar-refractivity contribution in [3.8, 4) is 17.2 Å². The van der Waals surface area contributed by atoms with Gasteiger partial charge in [0.25, 0.3) is 5.69 Å². The van der Waals surface area contributed by atoms with E-state index in [1.165, 1.54) is 43.3 Å². The predicted octanol–water partition coefficient (Wildman–Crippen LogP) is 3.88. The quantitative estimate of drug-likeness (QED) is 0.142. The number of nitro benzene ring substituents is 1. The number of rotatable bonds is 12. The second kappa shape index (κ2) is 17.3. The van der Waals surface area contributed by atoms with Crippen LogP contribution < -0.4 is 25.3 Å². The molecule has 2 aliphatic heterocycles. The average Bonchev–Trinajstić information content (AvgIpc) is 3.04. The van der Waals surface area contributed by atoms with Crippen LogP contribution in [0.4, 0.5) is 5.69 Å². The molecule has 2 fully saturated rings. The number of halogens is 1. The van der Waals surface area contributed by atoms with Crippen LogP contribution in [0.2, 0.25) is 0 Å². The summed E-state index contributed by atoms with van der Waals surface area (Å²) in [5.41, 5.74) is 7.61. The minimum Gasteiger partial charge on any atom is -0.574 e. The van der Waals surface area contributed by atoms with Crippen molar-refractivity contribution < 1.29 is 47.9 Å². The molecule has 3 atom stereocenters. The van der Waals surface area contributed by atoms with Gasteiger partial charge in [-0.1, -0.05) is 0 Å². The summed E-state index contributed by atoms with van der Waals surface area (Å²) < 4.78 is 21.7. The van der Waals surface area contributed by atoms with Gasteiger partial charge < -0.3 is 24.8 Å². The van der Waals surface area contributed by atoms with Crippen molar-refractivity contribution in [3.05, 3.63) is 58.6 Å². The molecule has 45 heavy (non-hydrogen) atoms. The first-order chi connectivity index (χ1) is 21.1. The first kappa shape index (κ1) is 36.0. The van der Waals surface area contributed by atoms with E-state index in [1.807, 2.05) is 0 Å². The van der Waals surface area contributed by atoms with Crippen LogP contribution in [0.25, 0.3) is 0 Å². The molecule has 2 aromatic carbocycles. The third-order valence-electron chi connectivity index (χ3n) is 7.47. The predicted molar refractivity (Wildman–Crippen MR) is 160 cm³/mol. The zero-order chi connectivity index (χ0) is 31.5. The molecule has 3 unspecified atom stereocenters. The smallest absolute Gasteiger partial charge is 0.412 e. The number of hydrogen-bond donors (Lipinski definition) is 2. The summed E-state index contributed by atoms with van der Waals surface area (Å²) in [5, 5.41) is 10.8. The fourth-order valence-corrected chi connectivity index (χ4v) is 5.53. The highest BCUT2D eigenvalue weighted by Gasteiger charge is 2.47. The van der Waals surface area contributed by atoms with Crippen molar-refractivity contribution in [3.63, 3.8) is 0 Å². The van der Waals surface area contributed by atoms with E-state index in [2.05, 4.69) is 10.3 Å². The number of nitrogens with zero attached hydrogens (tertiary/aromatic N) is 2. The number of ether oxygens (including phenoxy) is 3. The van der Waals surface area contributed by atoms with Gasteiger partial charge in [0.05, 0.1) is 4.92 Å². The number of nitro groups is 1. The van der Waals surface area contributed by atoms with Gasteiger partial charge in [-0.15, -0.1) is 12.4 Å². The highest BCUT2D eigenvalue weighted by atomic mass is 35.5. The van der Waals surface area contributed by atoms with Gasteiger partial charge in [0, 0.05) is 43.4 Å². The van der Waals surface area contributed by atoms with E-state index in [0.29, 0.717) is 57.2 Å². The maximum atomic E-state index is 13.2. The fourth-order valence-electron chi connectivity index (χ4n) is 4.92. The maximum absolute atomic E-state index is 13.2. The largest absolute Gasteiger partial charge is 0.574 e. The lowest BCUT2D eigenvalue weighted by atomic mass is 9.73. The molecular weight excluding hydrogens is 635 g/mol. The van der Waals surface area contributed by atoms with Crippen LogP contribution in [0.5, 0.6) is 17.2 Å². The van der Waals surface area contributed by atoms with Crippen LogP contribution in [-0.4, -0.2) is 54.9 Å². The molecule has 2 heterocycles. The van der Waals surface area contributed by atoms with E-state index in [9.17, 15) is 24.6 Å². The molecule has 2 saturated heterocycles. The van der Waals surface area contributed by atoms with E-state index in [0.717, 1.165) is 12.8 Å². The summed E-state index contributed by atoms with van der Waals surface area (Å²) in [6.07, 6.45) is 3.10. The fraction of sp³-hybridized carbons (Fsp3) is 0.500. The van der Waals surface area contributed by atoms with Crippen LogP contribution in [0.15, 0.2) is 53.4 Å². The number of hydrogen-bond acceptors (Lipinski definition) is 13. The Morgan fingerprint density at radius 1 is 1.00 bits per heavy atom. The normalized spacial score (nSPS) is 18.1. The van der Waals surface area contributed by atoms with Crippen LogP contribution in [0, 0.1) is 22.0 Å². The molecule has 2 aromatic rings. The van der Waals surface area contributed by atoms with Crippen LogP contribution in [0.3, 0.4) is 0 Å². The highest BCUT2D eigenvalue weighted by Crippen LogP contribution is 2.35. The Morgan fingerprint density at radius 2 is 1.53 bits per heavy atom.